The van der Waals surface area contributed by atoms with Crippen molar-refractivity contribution >= 4 is 23.2 Å². The molecule has 0 unspecified atom stereocenters. The summed E-state index contributed by atoms with van der Waals surface area (Å²) in [5.74, 6) is -0.874. The van der Waals surface area contributed by atoms with E-state index in [0.29, 0.717) is 17.7 Å². The number of aromatic nitrogens is 1. The molecule has 104 valence electrons. The van der Waals surface area contributed by atoms with E-state index in [-0.39, 0.29) is 10.8 Å². The maximum atomic E-state index is 13.7. The molecule has 0 radical (unpaired) electrons. The van der Waals surface area contributed by atoms with Crippen molar-refractivity contribution in [3.63, 3.8) is 0 Å². The summed E-state index contributed by atoms with van der Waals surface area (Å²) in [6, 6.07) is 7.74. The zero-order chi connectivity index (χ0) is 14.7. The van der Waals surface area contributed by atoms with Crippen LogP contribution in [-0.2, 0) is 6.42 Å². The molecule has 0 fully saturated rings. The van der Waals surface area contributed by atoms with Crippen molar-refractivity contribution in [2.24, 2.45) is 0 Å². The van der Waals surface area contributed by atoms with Gasteiger partial charge in [0, 0.05) is 11.3 Å². The highest BCUT2D eigenvalue weighted by atomic mass is 35.5. The van der Waals surface area contributed by atoms with E-state index in [1.807, 2.05) is 6.92 Å². The van der Waals surface area contributed by atoms with E-state index in [0.717, 1.165) is 5.56 Å². The van der Waals surface area contributed by atoms with Crippen molar-refractivity contribution in [2.45, 2.75) is 20.3 Å². The Balaban J connectivity index is 2.26. The number of aryl methyl sites for hydroxylation is 2. The van der Waals surface area contributed by atoms with E-state index in [1.165, 1.54) is 18.2 Å². The maximum absolute atomic E-state index is 13.7. The highest BCUT2D eigenvalue weighted by Crippen LogP contribution is 2.18. The summed E-state index contributed by atoms with van der Waals surface area (Å²) in [7, 11) is 0. The van der Waals surface area contributed by atoms with Crippen molar-refractivity contribution in [1.82, 2.24) is 4.98 Å². The van der Waals surface area contributed by atoms with Gasteiger partial charge in [-0.05, 0) is 43.2 Å². The van der Waals surface area contributed by atoms with Gasteiger partial charge in [0.15, 0.2) is 0 Å². The first-order valence-electron chi connectivity index (χ1n) is 6.23. The third kappa shape index (κ3) is 3.33. The first kappa shape index (κ1) is 14.5. The van der Waals surface area contributed by atoms with Crippen LogP contribution < -0.4 is 5.32 Å². The van der Waals surface area contributed by atoms with E-state index in [2.05, 4.69) is 10.3 Å². The van der Waals surface area contributed by atoms with Crippen LogP contribution in [-0.4, -0.2) is 10.9 Å². The fourth-order valence-corrected chi connectivity index (χ4v) is 2.01. The summed E-state index contributed by atoms with van der Waals surface area (Å²) in [6.07, 6.45) is 0.666. The number of nitrogens with one attached hydrogen (secondary N) is 1. The molecule has 0 saturated carbocycles. The largest absolute Gasteiger partial charge is 0.319 e. The molecule has 1 N–H and O–H groups in total. The van der Waals surface area contributed by atoms with Crippen LogP contribution in [0.5, 0.6) is 0 Å². The Morgan fingerprint density at radius 2 is 2.10 bits per heavy atom. The molecule has 0 saturated heterocycles. The van der Waals surface area contributed by atoms with Gasteiger partial charge in [-0.3, -0.25) is 4.79 Å². The first-order chi connectivity index (χ1) is 9.49. The summed E-state index contributed by atoms with van der Waals surface area (Å²) >= 11 is 5.86. The molecule has 0 aliphatic carbocycles. The lowest BCUT2D eigenvalue weighted by Crippen LogP contribution is -2.14. The van der Waals surface area contributed by atoms with Crippen LogP contribution in [0.1, 0.15) is 28.5 Å². The predicted molar refractivity (Wildman–Crippen MR) is 77.7 cm³/mol. The van der Waals surface area contributed by atoms with Crippen molar-refractivity contribution in [3.8, 4) is 0 Å². The summed E-state index contributed by atoms with van der Waals surface area (Å²) in [4.78, 5) is 16.2. The summed E-state index contributed by atoms with van der Waals surface area (Å²) in [6.45, 7) is 3.70. The van der Waals surface area contributed by atoms with Gasteiger partial charge < -0.3 is 5.32 Å². The van der Waals surface area contributed by atoms with Gasteiger partial charge in [0.05, 0.1) is 5.69 Å². The van der Waals surface area contributed by atoms with E-state index in [9.17, 15) is 9.18 Å². The molecule has 0 spiro atoms. The van der Waals surface area contributed by atoms with E-state index in [1.54, 1.807) is 19.1 Å². The minimum Gasteiger partial charge on any atom is -0.319 e. The van der Waals surface area contributed by atoms with Crippen molar-refractivity contribution in [3.05, 3.63) is 58.1 Å². The summed E-state index contributed by atoms with van der Waals surface area (Å²) in [5.41, 5.74) is 2.01. The highest BCUT2D eigenvalue weighted by Gasteiger charge is 2.11. The molecule has 0 bridgehead atoms. The quantitative estimate of drug-likeness (QED) is 0.869. The minimum atomic E-state index is -0.464. The molecule has 20 heavy (non-hydrogen) atoms. The molecule has 1 heterocycles. The second-order valence-corrected chi connectivity index (χ2v) is 4.85. The van der Waals surface area contributed by atoms with Crippen molar-refractivity contribution in [1.29, 1.82) is 0 Å². The van der Waals surface area contributed by atoms with E-state index < -0.39 is 11.7 Å². The van der Waals surface area contributed by atoms with Crippen molar-refractivity contribution < 1.29 is 9.18 Å². The third-order valence-electron chi connectivity index (χ3n) is 2.84. The molecule has 3 nitrogen and oxygen atoms in total. The minimum absolute atomic E-state index is 0.145. The van der Waals surface area contributed by atoms with Gasteiger partial charge in [0.1, 0.15) is 11.0 Å². The zero-order valence-corrected chi connectivity index (χ0v) is 12.0. The number of pyridine rings is 1. The monoisotopic (exact) mass is 292 g/mol. The highest BCUT2D eigenvalue weighted by molar-refractivity contribution is 6.29. The van der Waals surface area contributed by atoms with E-state index >= 15 is 0 Å². The summed E-state index contributed by atoms with van der Waals surface area (Å²) < 4.78 is 13.7. The lowest BCUT2D eigenvalue weighted by molar-refractivity contribution is 0.102. The second kappa shape index (κ2) is 6.01. The predicted octanol–water partition coefficient (Wildman–Crippen LogP) is 4.00. The van der Waals surface area contributed by atoms with Crippen molar-refractivity contribution in [2.75, 3.05) is 5.32 Å². The second-order valence-electron chi connectivity index (χ2n) is 4.46. The molecule has 1 amide bonds. The van der Waals surface area contributed by atoms with Crippen LogP contribution in [0.25, 0.3) is 0 Å². The molecule has 5 heteroatoms. The molecule has 2 rings (SSSR count). The summed E-state index contributed by atoms with van der Waals surface area (Å²) in [5, 5.41) is 2.78. The average Bonchev–Trinajstić information content (AvgIpc) is 2.41. The standard InChI is InChI=1S/C15H14ClFN2O/c1-3-11-7-10(8-14(16)18-11)15(20)19-13-5-4-9(2)6-12(13)17/h4-8H,3H2,1-2H3,(H,19,20). The van der Waals surface area contributed by atoms with Gasteiger partial charge in [-0.2, -0.15) is 0 Å². The van der Waals surface area contributed by atoms with Crippen LogP contribution in [0.15, 0.2) is 30.3 Å². The van der Waals surface area contributed by atoms with E-state index in [4.69, 9.17) is 11.6 Å². The number of hydrogen-bond acceptors (Lipinski definition) is 2. The number of anilines is 1. The number of hydrogen-bond donors (Lipinski definition) is 1. The van der Waals surface area contributed by atoms with Gasteiger partial charge >= 0.3 is 0 Å². The average molecular weight is 293 g/mol. The smallest absolute Gasteiger partial charge is 0.255 e. The lowest BCUT2D eigenvalue weighted by Gasteiger charge is -2.08. The number of rotatable bonds is 3. The number of carbonyl (C=O) groups is 1. The number of benzene rings is 1. The Hall–Kier alpha value is -1.94. The topological polar surface area (TPSA) is 42.0 Å². The zero-order valence-electron chi connectivity index (χ0n) is 11.2. The number of amides is 1. The number of halogens is 2. The van der Waals surface area contributed by atoms with Gasteiger partial charge in [-0.15, -0.1) is 0 Å². The Morgan fingerprint density at radius 3 is 2.75 bits per heavy atom. The van der Waals surface area contributed by atoms with Crippen LogP contribution in [0.3, 0.4) is 0 Å². The van der Waals surface area contributed by atoms with Crippen LogP contribution in [0, 0.1) is 12.7 Å². The number of carbonyl (C=O) groups excluding carboxylic acids is 1. The molecule has 0 aliphatic rings. The van der Waals surface area contributed by atoms with Crippen LogP contribution in [0.4, 0.5) is 10.1 Å². The van der Waals surface area contributed by atoms with Crippen LogP contribution in [0.2, 0.25) is 5.15 Å². The lowest BCUT2D eigenvalue weighted by atomic mass is 10.1. The number of nitrogens with zero attached hydrogens (tertiary/aromatic N) is 1. The van der Waals surface area contributed by atoms with Gasteiger partial charge in [0.25, 0.3) is 5.91 Å². The Morgan fingerprint density at radius 1 is 1.35 bits per heavy atom. The Labute approximate surface area is 121 Å². The maximum Gasteiger partial charge on any atom is 0.255 e. The first-order valence-corrected chi connectivity index (χ1v) is 6.61. The Kier molecular flexibility index (Phi) is 4.35. The fourth-order valence-electron chi connectivity index (χ4n) is 1.78. The molecule has 0 aliphatic heterocycles. The molecular weight excluding hydrogens is 279 g/mol. The van der Waals surface area contributed by atoms with Gasteiger partial charge in [0.2, 0.25) is 0 Å². The van der Waals surface area contributed by atoms with Gasteiger partial charge in [-0.25, -0.2) is 9.37 Å². The molecular formula is C15H14ClFN2O. The Bertz CT molecular complexity index is 658. The van der Waals surface area contributed by atoms with Crippen LogP contribution >= 0.6 is 11.6 Å². The molecule has 1 aromatic carbocycles. The molecule has 0 atom stereocenters. The normalized spacial score (nSPS) is 10.4. The SMILES string of the molecule is CCc1cc(C(=O)Nc2ccc(C)cc2F)cc(Cl)n1. The third-order valence-corrected chi connectivity index (χ3v) is 3.04. The van der Waals surface area contributed by atoms with Gasteiger partial charge in [-0.1, -0.05) is 24.6 Å². The molecule has 1 aromatic heterocycles. The fraction of sp³-hybridized carbons (Fsp3) is 0.200. The molecule has 2 aromatic rings.